The van der Waals surface area contributed by atoms with Gasteiger partial charge >= 0.3 is 5.63 Å². The Kier molecular flexibility index (Phi) is 4.41. The fourth-order valence-electron chi connectivity index (χ4n) is 3.73. The molecule has 5 nitrogen and oxygen atoms in total. The number of ketones is 1. The molecule has 27 heavy (non-hydrogen) atoms. The van der Waals surface area contributed by atoms with Gasteiger partial charge in [-0.3, -0.25) is 4.79 Å². The Morgan fingerprint density at radius 3 is 2.74 bits per heavy atom. The Hall–Kier alpha value is -2.08. The van der Waals surface area contributed by atoms with E-state index in [4.69, 9.17) is 13.9 Å². The number of rotatable bonds is 3. The smallest absolute Gasteiger partial charge is 0.336 e. The highest BCUT2D eigenvalue weighted by Gasteiger charge is 2.37. The van der Waals surface area contributed by atoms with Gasteiger partial charge in [0, 0.05) is 17.8 Å². The van der Waals surface area contributed by atoms with Gasteiger partial charge in [0.05, 0.1) is 10.9 Å². The van der Waals surface area contributed by atoms with E-state index in [-0.39, 0.29) is 23.9 Å². The fourth-order valence-corrected chi connectivity index (χ4v) is 4.09. The van der Waals surface area contributed by atoms with Crippen LogP contribution in [-0.4, -0.2) is 22.8 Å². The third kappa shape index (κ3) is 3.00. The van der Waals surface area contributed by atoms with E-state index in [0.29, 0.717) is 34.2 Å². The average molecular weight is 433 g/mol. The second-order valence-electron chi connectivity index (χ2n) is 7.55. The van der Waals surface area contributed by atoms with Gasteiger partial charge in [-0.2, -0.15) is 0 Å². The monoisotopic (exact) mass is 432 g/mol. The first-order valence-corrected chi connectivity index (χ1v) is 10.3. The Morgan fingerprint density at radius 2 is 2.04 bits per heavy atom. The number of Topliss-reactive ketones (excluding diaryl/α,β-unsaturated/α-hetero) is 1. The summed E-state index contributed by atoms with van der Waals surface area (Å²) in [6.07, 6.45) is 5.43. The summed E-state index contributed by atoms with van der Waals surface area (Å²) in [5.74, 6) is 0.983. The molecular formula is C21H21BrO5. The van der Waals surface area contributed by atoms with E-state index < -0.39 is 11.2 Å². The molecule has 0 fully saturated rings. The van der Waals surface area contributed by atoms with Crippen molar-refractivity contribution in [2.75, 3.05) is 5.33 Å². The number of hydrogen-bond donors (Lipinski definition) is 0. The SMILES string of the molecule is CCCc1cc(=O)oc2c3c(c4c(c12)OC(C)(C)C=C4)OC(CBr)CC3=O. The van der Waals surface area contributed by atoms with E-state index in [2.05, 4.69) is 15.9 Å². The van der Waals surface area contributed by atoms with Crippen molar-refractivity contribution in [3.8, 4) is 11.5 Å². The zero-order valence-electron chi connectivity index (χ0n) is 15.6. The standard InChI is InChI=1S/C21H21BrO5/c1-4-5-11-8-15(24)26-20-16(11)19-13(6-7-21(2,3)27-19)18-17(20)14(23)9-12(10-22)25-18/h6-8,12H,4-5,9-10H2,1-3H3. The van der Waals surface area contributed by atoms with Crippen LogP contribution in [0.4, 0.5) is 0 Å². The van der Waals surface area contributed by atoms with Gasteiger partial charge in [0.2, 0.25) is 0 Å². The summed E-state index contributed by atoms with van der Waals surface area (Å²) in [5.41, 5.74) is 1.23. The van der Waals surface area contributed by atoms with Crippen LogP contribution in [0, 0.1) is 0 Å². The van der Waals surface area contributed by atoms with Gasteiger partial charge in [-0.1, -0.05) is 29.3 Å². The molecule has 2 aliphatic rings. The van der Waals surface area contributed by atoms with Crippen LogP contribution in [0.1, 0.15) is 55.1 Å². The van der Waals surface area contributed by atoms with Crippen molar-refractivity contribution >= 4 is 38.8 Å². The summed E-state index contributed by atoms with van der Waals surface area (Å²) in [4.78, 5) is 25.1. The molecule has 0 N–H and O–H groups in total. The van der Waals surface area contributed by atoms with Gasteiger partial charge in [0.25, 0.3) is 0 Å². The highest BCUT2D eigenvalue weighted by Crippen LogP contribution is 2.48. The Balaban J connectivity index is 2.15. The molecule has 4 rings (SSSR count). The van der Waals surface area contributed by atoms with E-state index >= 15 is 0 Å². The average Bonchev–Trinajstić information content (AvgIpc) is 2.60. The van der Waals surface area contributed by atoms with Crippen molar-refractivity contribution in [1.82, 2.24) is 0 Å². The number of hydrogen-bond acceptors (Lipinski definition) is 5. The summed E-state index contributed by atoms with van der Waals surface area (Å²) < 4.78 is 17.9. The molecule has 0 aliphatic carbocycles. The zero-order chi connectivity index (χ0) is 19.3. The number of alkyl halides is 1. The molecule has 0 saturated carbocycles. The molecule has 2 aliphatic heterocycles. The van der Waals surface area contributed by atoms with Gasteiger partial charge in [-0.25, -0.2) is 4.79 Å². The molecular weight excluding hydrogens is 412 g/mol. The van der Waals surface area contributed by atoms with Crippen LogP contribution in [0.3, 0.4) is 0 Å². The van der Waals surface area contributed by atoms with Crippen molar-refractivity contribution in [2.24, 2.45) is 0 Å². The number of carbonyl (C=O) groups is 1. The molecule has 142 valence electrons. The van der Waals surface area contributed by atoms with Crippen molar-refractivity contribution < 1.29 is 18.7 Å². The maximum Gasteiger partial charge on any atom is 0.336 e. The predicted octanol–water partition coefficient (Wildman–Crippen LogP) is 4.66. The van der Waals surface area contributed by atoms with Gasteiger partial charge < -0.3 is 13.9 Å². The van der Waals surface area contributed by atoms with Crippen LogP contribution in [0.5, 0.6) is 11.5 Å². The Morgan fingerprint density at radius 1 is 1.26 bits per heavy atom. The van der Waals surface area contributed by atoms with Crippen LogP contribution in [0.15, 0.2) is 21.4 Å². The van der Waals surface area contributed by atoms with Gasteiger partial charge in [0.1, 0.15) is 28.8 Å². The van der Waals surface area contributed by atoms with Gasteiger partial charge in [-0.05, 0) is 38.0 Å². The maximum absolute atomic E-state index is 12.9. The first-order valence-electron chi connectivity index (χ1n) is 9.15. The van der Waals surface area contributed by atoms with Crippen LogP contribution in [-0.2, 0) is 6.42 Å². The van der Waals surface area contributed by atoms with Crippen molar-refractivity contribution in [3.63, 3.8) is 0 Å². The highest BCUT2D eigenvalue weighted by molar-refractivity contribution is 9.09. The van der Waals surface area contributed by atoms with Crippen LogP contribution < -0.4 is 15.1 Å². The lowest BCUT2D eigenvalue weighted by molar-refractivity contribution is 0.0874. The second kappa shape index (κ2) is 6.51. The summed E-state index contributed by atoms with van der Waals surface area (Å²) >= 11 is 3.40. The van der Waals surface area contributed by atoms with E-state index in [1.165, 1.54) is 6.07 Å². The molecule has 0 saturated heterocycles. The molecule has 1 atom stereocenters. The van der Waals surface area contributed by atoms with Gasteiger partial charge in [-0.15, -0.1) is 0 Å². The number of carbonyl (C=O) groups excluding carboxylic acids is 1. The van der Waals surface area contributed by atoms with Crippen LogP contribution in [0.2, 0.25) is 0 Å². The number of fused-ring (bicyclic) bond motifs is 6. The number of aryl methyl sites for hydroxylation is 1. The number of benzene rings is 1. The van der Waals surface area contributed by atoms with Crippen LogP contribution in [0.25, 0.3) is 17.0 Å². The third-order valence-corrected chi connectivity index (χ3v) is 5.62. The normalized spacial score (nSPS) is 20.0. The number of halogens is 1. The van der Waals surface area contributed by atoms with E-state index in [9.17, 15) is 9.59 Å². The summed E-state index contributed by atoms with van der Waals surface area (Å²) in [6, 6.07) is 1.50. The van der Waals surface area contributed by atoms with E-state index in [1.54, 1.807) is 0 Å². The minimum absolute atomic E-state index is 0.0801. The highest BCUT2D eigenvalue weighted by atomic mass is 79.9. The molecule has 3 heterocycles. The predicted molar refractivity (Wildman–Crippen MR) is 107 cm³/mol. The van der Waals surface area contributed by atoms with E-state index in [1.807, 2.05) is 32.9 Å². The molecule has 6 heteroatoms. The molecule has 0 spiro atoms. The first-order chi connectivity index (χ1) is 12.8. The van der Waals surface area contributed by atoms with Crippen LogP contribution >= 0.6 is 15.9 Å². The fraction of sp³-hybridized carbons (Fsp3) is 0.429. The minimum Gasteiger partial charge on any atom is -0.487 e. The van der Waals surface area contributed by atoms with Crippen molar-refractivity contribution in [2.45, 2.75) is 51.7 Å². The molecule has 1 unspecified atom stereocenters. The third-order valence-electron chi connectivity index (χ3n) is 4.90. The summed E-state index contributed by atoms with van der Waals surface area (Å²) in [5, 5.41) is 1.25. The lowest BCUT2D eigenvalue weighted by atomic mass is 9.90. The molecule has 1 aromatic carbocycles. The summed E-state index contributed by atoms with van der Waals surface area (Å²) in [6.45, 7) is 5.97. The minimum atomic E-state index is -0.513. The zero-order valence-corrected chi connectivity index (χ0v) is 17.1. The summed E-state index contributed by atoms with van der Waals surface area (Å²) in [7, 11) is 0. The molecule has 1 aromatic heterocycles. The Labute approximate surface area is 165 Å². The van der Waals surface area contributed by atoms with E-state index in [0.717, 1.165) is 17.5 Å². The lowest BCUT2D eigenvalue weighted by Gasteiger charge is -2.33. The molecule has 0 bridgehead atoms. The molecule has 2 aromatic rings. The molecule has 0 radical (unpaired) electrons. The topological polar surface area (TPSA) is 65.7 Å². The lowest BCUT2D eigenvalue weighted by Crippen LogP contribution is -2.32. The Bertz CT molecular complexity index is 1030. The largest absolute Gasteiger partial charge is 0.487 e. The van der Waals surface area contributed by atoms with Crippen molar-refractivity contribution in [3.05, 3.63) is 39.3 Å². The quantitative estimate of drug-likeness (QED) is 0.521. The molecule has 0 amide bonds. The maximum atomic E-state index is 12.9. The second-order valence-corrected chi connectivity index (χ2v) is 8.20. The van der Waals surface area contributed by atoms with Crippen molar-refractivity contribution in [1.29, 1.82) is 0 Å². The number of ether oxygens (including phenoxy) is 2. The first kappa shape index (κ1) is 18.3. The van der Waals surface area contributed by atoms with Gasteiger partial charge in [0.15, 0.2) is 11.4 Å².